The highest BCUT2D eigenvalue weighted by Crippen LogP contribution is 2.38. The van der Waals surface area contributed by atoms with E-state index in [0.717, 1.165) is 10.0 Å². The molecule has 0 radical (unpaired) electrons. The maximum Gasteiger partial charge on any atom is 0.180 e. The van der Waals surface area contributed by atoms with Crippen molar-refractivity contribution in [1.82, 2.24) is 0 Å². The number of benzene rings is 3. The smallest absolute Gasteiger partial charge is 0.180 e. The van der Waals surface area contributed by atoms with Crippen LogP contribution in [0.1, 0.15) is 23.6 Å². The lowest BCUT2D eigenvalue weighted by Crippen LogP contribution is -2.01. The Labute approximate surface area is 188 Å². The Morgan fingerprint density at radius 2 is 1.87 bits per heavy atom. The molecule has 0 atom stereocenters. The molecule has 3 aromatic rings. The summed E-state index contributed by atoms with van der Waals surface area (Å²) in [6, 6.07) is 19.3. The summed E-state index contributed by atoms with van der Waals surface area (Å²) < 4.78 is 26.7. The molecule has 0 fully saturated rings. The van der Waals surface area contributed by atoms with Crippen molar-refractivity contribution in [2.24, 2.45) is 0 Å². The Hall–Kier alpha value is -2.81. The van der Waals surface area contributed by atoms with Crippen molar-refractivity contribution in [1.29, 1.82) is 5.26 Å². The van der Waals surface area contributed by atoms with E-state index in [0.29, 0.717) is 35.3 Å². The number of allylic oxidation sites excluding steroid dienone is 1. The van der Waals surface area contributed by atoms with Crippen LogP contribution in [0.5, 0.6) is 11.5 Å². The van der Waals surface area contributed by atoms with Gasteiger partial charge in [-0.05, 0) is 54.5 Å². The van der Waals surface area contributed by atoms with Crippen LogP contribution < -0.4 is 9.47 Å². The van der Waals surface area contributed by atoms with Gasteiger partial charge in [-0.15, -0.1) is 0 Å². The Morgan fingerprint density at radius 3 is 2.53 bits per heavy atom. The lowest BCUT2D eigenvalue weighted by Gasteiger charge is -2.15. The minimum absolute atomic E-state index is 0.190. The molecule has 0 heterocycles. The van der Waals surface area contributed by atoms with Gasteiger partial charge in [0.25, 0.3) is 0 Å². The predicted octanol–water partition coefficient (Wildman–Crippen LogP) is 7.28. The second kappa shape index (κ2) is 10.3. The third-order valence-electron chi connectivity index (χ3n) is 4.22. The van der Waals surface area contributed by atoms with Crippen LogP contribution in [0.3, 0.4) is 0 Å². The van der Waals surface area contributed by atoms with Crippen LogP contribution in [0, 0.1) is 17.1 Å². The molecule has 0 spiro atoms. The van der Waals surface area contributed by atoms with Crippen molar-refractivity contribution in [2.45, 2.75) is 13.5 Å². The zero-order valence-corrected chi connectivity index (χ0v) is 18.5. The first-order valence-corrected chi connectivity index (χ1v) is 10.4. The molecule has 0 amide bonds. The molecule has 3 rings (SSSR count). The summed E-state index contributed by atoms with van der Waals surface area (Å²) in [5, 5.41) is 9.86. The molecular weight excluding hydrogens is 469 g/mol. The number of hydrogen-bond acceptors (Lipinski definition) is 3. The van der Waals surface area contributed by atoms with Crippen molar-refractivity contribution in [3.8, 4) is 17.6 Å². The fourth-order valence-electron chi connectivity index (χ4n) is 2.83. The SMILES string of the molecule is CCOc1cc(C=C(C#N)c2ccccc2F)cc(Cl)c1OCc1ccc(Br)cc1. The highest BCUT2D eigenvalue weighted by molar-refractivity contribution is 9.10. The first kappa shape index (κ1) is 21.9. The third-order valence-corrected chi connectivity index (χ3v) is 5.03. The van der Waals surface area contributed by atoms with Gasteiger partial charge in [0.05, 0.1) is 23.3 Å². The average Bonchev–Trinajstić information content (AvgIpc) is 2.73. The zero-order chi connectivity index (χ0) is 21.5. The van der Waals surface area contributed by atoms with Gasteiger partial charge in [0.2, 0.25) is 0 Å². The van der Waals surface area contributed by atoms with E-state index >= 15 is 0 Å². The summed E-state index contributed by atoms with van der Waals surface area (Å²) in [5.74, 6) is 0.415. The Kier molecular flexibility index (Phi) is 7.51. The van der Waals surface area contributed by atoms with Crippen molar-refractivity contribution in [3.63, 3.8) is 0 Å². The highest BCUT2D eigenvalue weighted by atomic mass is 79.9. The largest absolute Gasteiger partial charge is 0.490 e. The summed E-state index contributed by atoms with van der Waals surface area (Å²) in [4.78, 5) is 0. The summed E-state index contributed by atoms with van der Waals surface area (Å²) in [7, 11) is 0. The van der Waals surface area contributed by atoms with Crippen LogP contribution in [-0.4, -0.2) is 6.61 Å². The molecule has 3 aromatic carbocycles. The maximum atomic E-state index is 14.1. The van der Waals surface area contributed by atoms with E-state index in [2.05, 4.69) is 15.9 Å². The molecule has 0 aromatic heterocycles. The van der Waals surface area contributed by atoms with Crippen LogP contribution in [0.2, 0.25) is 5.02 Å². The fraction of sp³-hybridized carbons (Fsp3) is 0.125. The molecule has 0 unspecified atom stereocenters. The average molecular weight is 487 g/mol. The van der Waals surface area contributed by atoms with Crippen LogP contribution in [0.4, 0.5) is 4.39 Å². The fourth-order valence-corrected chi connectivity index (χ4v) is 3.36. The number of nitriles is 1. The van der Waals surface area contributed by atoms with Crippen molar-refractivity contribution >= 4 is 39.2 Å². The van der Waals surface area contributed by atoms with E-state index in [1.165, 1.54) is 6.07 Å². The number of rotatable bonds is 7. The van der Waals surface area contributed by atoms with Crippen molar-refractivity contribution in [2.75, 3.05) is 6.61 Å². The van der Waals surface area contributed by atoms with Crippen LogP contribution >= 0.6 is 27.5 Å². The maximum absolute atomic E-state index is 14.1. The summed E-state index contributed by atoms with van der Waals surface area (Å²) in [5.41, 5.74) is 2.01. The van der Waals surface area contributed by atoms with E-state index in [4.69, 9.17) is 21.1 Å². The third kappa shape index (κ3) is 5.41. The van der Waals surface area contributed by atoms with Gasteiger partial charge in [-0.2, -0.15) is 5.26 Å². The van der Waals surface area contributed by atoms with Crippen LogP contribution in [0.15, 0.2) is 65.1 Å². The molecule has 0 saturated carbocycles. The normalized spacial score (nSPS) is 11.1. The second-order valence-corrected chi connectivity index (χ2v) is 7.65. The minimum atomic E-state index is -0.462. The van der Waals surface area contributed by atoms with Crippen molar-refractivity contribution < 1.29 is 13.9 Å². The van der Waals surface area contributed by atoms with Crippen LogP contribution in [0.25, 0.3) is 11.6 Å². The molecule has 30 heavy (non-hydrogen) atoms. The van der Waals surface area contributed by atoms with E-state index in [9.17, 15) is 9.65 Å². The lowest BCUT2D eigenvalue weighted by atomic mass is 10.0. The number of nitrogens with zero attached hydrogens (tertiary/aromatic N) is 1. The van der Waals surface area contributed by atoms with Gasteiger partial charge in [-0.1, -0.05) is 57.9 Å². The first-order chi connectivity index (χ1) is 14.5. The van der Waals surface area contributed by atoms with Gasteiger partial charge < -0.3 is 9.47 Å². The molecule has 0 N–H and O–H groups in total. The second-order valence-electron chi connectivity index (χ2n) is 6.33. The monoisotopic (exact) mass is 485 g/mol. The molecular formula is C24H18BrClFNO2. The van der Waals surface area contributed by atoms with Crippen LogP contribution in [-0.2, 0) is 6.61 Å². The quantitative estimate of drug-likeness (QED) is 0.260. The van der Waals surface area contributed by atoms with E-state index in [-0.39, 0.29) is 11.1 Å². The molecule has 3 nitrogen and oxygen atoms in total. The number of ether oxygens (including phenoxy) is 2. The molecule has 0 aliphatic rings. The zero-order valence-electron chi connectivity index (χ0n) is 16.2. The number of hydrogen-bond donors (Lipinski definition) is 0. The Morgan fingerprint density at radius 1 is 1.13 bits per heavy atom. The summed E-state index contributed by atoms with van der Waals surface area (Å²) in [6.07, 6.45) is 1.57. The molecule has 0 saturated heterocycles. The lowest BCUT2D eigenvalue weighted by molar-refractivity contribution is 0.269. The van der Waals surface area contributed by atoms with Gasteiger partial charge in [0.1, 0.15) is 12.4 Å². The number of halogens is 3. The van der Waals surface area contributed by atoms with Gasteiger partial charge in [0.15, 0.2) is 11.5 Å². The highest BCUT2D eigenvalue weighted by Gasteiger charge is 2.14. The molecule has 152 valence electrons. The first-order valence-electron chi connectivity index (χ1n) is 9.22. The van der Waals surface area contributed by atoms with Crippen molar-refractivity contribution in [3.05, 3.63) is 92.7 Å². The van der Waals surface area contributed by atoms with Gasteiger partial charge in [-0.25, -0.2) is 4.39 Å². The summed E-state index contributed by atoms with van der Waals surface area (Å²) in [6.45, 7) is 2.59. The predicted molar refractivity (Wildman–Crippen MR) is 121 cm³/mol. The van der Waals surface area contributed by atoms with E-state index in [1.807, 2.05) is 37.3 Å². The Balaban J connectivity index is 1.93. The molecule has 0 aliphatic carbocycles. The van der Waals surface area contributed by atoms with E-state index < -0.39 is 5.82 Å². The van der Waals surface area contributed by atoms with Gasteiger partial charge in [0, 0.05) is 10.0 Å². The standard InChI is InChI=1S/C24H18BrClFNO2/c1-2-29-23-13-17(11-18(14-28)20-5-3-4-6-22(20)27)12-21(26)24(23)30-15-16-7-9-19(25)10-8-16/h3-13H,2,15H2,1H3. The topological polar surface area (TPSA) is 42.2 Å². The summed E-state index contributed by atoms with van der Waals surface area (Å²) >= 11 is 9.87. The van der Waals surface area contributed by atoms with E-state index in [1.54, 1.807) is 36.4 Å². The molecule has 0 bridgehead atoms. The minimum Gasteiger partial charge on any atom is -0.490 e. The molecule has 6 heteroatoms. The Bertz CT molecular complexity index is 1110. The van der Waals surface area contributed by atoms with Gasteiger partial charge >= 0.3 is 0 Å². The van der Waals surface area contributed by atoms with Gasteiger partial charge in [-0.3, -0.25) is 0 Å². The molecule has 0 aliphatic heterocycles.